The second-order valence-electron chi connectivity index (χ2n) is 5.49. The number of aliphatic hydroxyl groups is 1. The van der Waals surface area contributed by atoms with E-state index in [0.717, 1.165) is 0 Å². The molecule has 21 heavy (non-hydrogen) atoms. The molecule has 2 rings (SSSR count). The Balaban J connectivity index is 2.05. The number of carbonyl (C=O) groups is 3. The van der Waals surface area contributed by atoms with E-state index in [1.54, 1.807) is 0 Å². The van der Waals surface area contributed by atoms with Crippen LogP contribution in [0, 0.1) is 5.92 Å². The van der Waals surface area contributed by atoms with Crippen molar-refractivity contribution >= 4 is 18.0 Å². The van der Waals surface area contributed by atoms with Crippen molar-refractivity contribution in [1.82, 2.24) is 9.80 Å². The fourth-order valence-corrected chi connectivity index (χ4v) is 2.95. The van der Waals surface area contributed by atoms with Crippen LogP contribution in [-0.4, -0.2) is 76.9 Å². The van der Waals surface area contributed by atoms with E-state index in [1.807, 2.05) is 0 Å². The number of rotatable bonds is 2. The summed E-state index contributed by atoms with van der Waals surface area (Å²) in [7, 11) is 1.31. The topological polar surface area (TPSA) is 107 Å². The van der Waals surface area contributed by atoms with Gasteiger partial charge in [-0.2, -0.15) is 0 Å². The van der Waals surface area contributed by atoms with Crippen LogP contribution in [-0.2, 0) is 14.3 Å². The Morgan fingerprint density at radius 2 is 1.95 bits per heavy atom. The molecule has 2 heterocycles. The second kappa shape index (κ2) is 6.30. The SMILES string of the molecule is COC(=O)C1CCCN(C(=O)N2CC(O)C[C@H]2C(=O)O)C1. The molecule has 118 valence electrons. The van der Waals surface area contributed by atoms with Crippen molar-refractivity contribution in [3.8, 4) is 0 Å². The van der Waals surface area contributed by atoms with E-state index >= 15 is 0 Å². The highest BCUT2D eigenvalue weighted by molar-refractivity contribution is 5.84. The van der Waals surface area contributed by atoms with Crippen molar-refractivity contribution in [2.75, 3.05) is 26.7 Å². The summed E-state index contributed by atoms with van der Waals surface area (Å²) in [5.41, 5.74) is 0. The van der Waals surface area contributed by atoms with E-state index in [0.29, 0.717) is 19.4 Å². The number of carboxylic acids is 1. The molecule has 0 radical (unpaired) electrons. The summed E-state index contributed by atoms with van der Waals surface area (Å²) in [5.74, 6) is -1.85. The van der Waals surface area contributed by atoms with Crippen LogP contribution in [0.2, 0.25) is 0 Å². The predicted molar refractivity (Wildman–Crippen MR) is 70.5 cm³/mol. The van der Waals surface area contributed by atoms with Gasteiger partial charge in [0.05, 0.1) is 19.1 Å². The molecule has 3 atom stereocenters. The molecule has 0 spiro atoms. The molecule has 2 N–H and O–H groups in total. The molecule has 0 aromatic rings. The van der Waals surface area contributed by atoms with Gasteiger partial charge in [0.15, 0.2) is 0 Å². The zero-order chi connectivity index (χ0) is 15.6. The minimum Gasteiger partial charge on any atom is -0.480 e. The first-order chi connectivity index (χ1) is 9.93. The predicted octanol–water partition coefficient (Wildman–Crippen LogP) is -0.489. The lowest BCUT2D eigenvalue weighted by Gasteiger charge is -2.35. The maximum absolute atomic E-state index is 12.4. The lowest BCUT2D eigenvalue weighted by atomic mass is 9.98. The van der Waals surface area contributed by atoms with Gasteiger partial charge in [0.2, 0.25) is 0 Å². The molecule has 2 amide bonds. The molecule has 0 bridgehead atoms. The maximum atomic E-state index is 12.4. The normalized spacial score (nSPS) is 29.3. The number of piperidine rings is 1. The van der Waals surface area contributed by atoms with Crippen LogP contribution in [0.4, 0.5) is 4.79 Å². The highest BCUT2D eigenvalue weighted by Gasteiger charge is 2.41. The highest BCUT2D eigenvalue weighted by atomic mass is 16.5. The number of esters is 1. The van der Waals surface area contributed by atoms with Gasteiger partial charge in [-0.3, -0.25) is 4.79 Å². The second-order valence-corrected chi connectivity index (χ2v) is 5.49. The minimum absolute atomic E-state index is 0.00912. The van der Waals surface area contributed by atoms with Crippen LogP contribution in [0.5, 0.6) is 0 Å². The van der Waals surface area contributed by atoms with Crippen LogP contribution >= 0.6 is 0 Å². The van der Waals surface area contributed by atoms with Crippen molar-refractivity contribution in [1.29, 1.82) is 0 Å². The van der Waals surface area contributed by atoms with Gasteiger partial charge in [-0.1, -0.05) is 0 Å². The number of methoxy groups -OCH3 is 1. The highest BCUT2D eigenvalue weighted by Crippen LogP contribution is 2.24. The van der Waals surface area contributed by atoms with Crippen molar-refractivity contribution in [3.05, 3.63) is 0 Å². The minimum atomic E-state index is -1.12. The van der Waals surface area contributed by atoms with Gasteiger partial charge in [0.25, 0.3) is 0 Å². The molecule has 0 saturated carbocycles. The summed E-state index contributed by atoms with van der Waals surface area (Å²) < 4.78 is 4.70. The zero-order valence-corrected chi connectivity index (χ0v) is 11.9. The lowest BCUT2D eigenvalue weighted by Crippen LogP contribution is -2.52. The zero-order valence-electron chi connectivity index (χ0n) is 11.9. The Labute approximate surface area is 122 Å². The molecular formula is C13H20N2O6. The summed E-state index contributed by atoms with van der Waals surface area (Å²) in [6, 6.07) is -1.45. The number of β-amino-alcohol motifs (C(OH)–C–C–N with tert-alkyl or cyclic N) is 1. The fourth-order valence-electron chi connectivity index (χ4n) is 2.95. The first kappa shape index (κ1) is 15.6. The number of amides is 2. The van der Waals surface area contributed by atoms with E-state index in [9.17, 15) is 19.5 Å². The van der Waals surface area contributed by atoms with E-state index in [2.05, 4.69) is 0 Å². The average molecular weight is 300 g/mol. The molecule has 2 aliphatic rings. The van der Waals surface area contributed by atoms with E-state index in [-0.39, 0.29) is 31.4 Å². The summed E-state index contributed by atoms with van der Waals surface area (Å²) in [5, 5.41) is 18.7. The third-order valence-electron chi connectivity index (χ3n) is 4.04. The number of urea groups is 1. The van der Waals surface area contributed by atoms with Gasteiger partial charge in [-0.15, -0.1) is 0 Å². The van der Waals surface area contributed by atoms with Crippen LogP contribution in [0.1, 0.15) is 19.3 Å². The standard InChI is InChI=1S/C13H20N2O6/c1-21-12(19)8-3-2-4-14(6-8)13(20)15-7-9(16)5-10(15)11(17)18/h8-10,16H,2-7H2,1H3,(H,17,18)/t8?,9?,10-/m0/s1. The molecular weight excluding hydrogens is 280 g/mol. The third-order valence-corrected chi connectivity index (χ3v) is 4.04. The maximum Gasteiger partial charge on any atom is 0.326 e. The molecule has 2 fully saturated rings. The summed E-state index contributed by atoms with van der Waals surface area (Å²) in [6.07, 6.45) is 0.535. The molecule has 8 heteroatoms. The van der Waals surface area contributed by atoms with Crippen LogP contribution < -0.4 is 0 Å². The van der Waals surface area contributed by atoms with Gasteiger partial charge in [-0.25, -0.2) is 9.59 Å². The summed E-state index contributed by atoms with van der Waals surface area (Å²) in [4.78, 5) is 37.8. The van der Waals surface area contributed by atoms with Crippen molar-refractivity contribution in [2.45, 2.75) is 31.4 Å². The number of carboxylic acid groups (broad SMARTS) is 1. The summed E-state index contributed by atoms with van der Waals surface area (Å²) in [6.45, 7) is 0.713. The third kappa shape index (κ3) is 3.26. The van der Waals surface area contributed by atoms with E-state index in [1.165, 1.54) is 16.9 Å². The Hall–Kier alpha value is -1.83. The molecule has 0 aliphatic carbocycles. The Morgan fingerprint density at radius 1 is 1.24 bits per heavy atom. The Morgan fingerprint density at radius 3 is 2.57 bits per heavy atom. The number of likely N-dealkylation sites (tertiary alicyclic amines) is 2. The number of aliphatic hydroxyl groups excluding tert-OH is 1. The van der Waals surface area contributed by atoms with Gasteiger partial charge >= 0.3 is 18.0 Å². The quantitative estimate of drug-likeness (QED) is 0.666. The number of hydrogen-bond donors (Lipinski definition) is 2. The smallest absolute Gasteiger partial charge is 0.326 e. The molecule has 2 unspecified atom stereocenters. The van der Waals surface area contributed by atoms with E-state index < -0.39 is 24.1 Å². The van der Waals surface area contributed by atoms with Crippen molar-refractivity contribution in [3.63, 3.8) is 0 Å². The molecule has 2 aliphatic heterocycles. The fraction of sp³-hybridized carbons (Fsp3) is 0.769. The van der Waals surface area contributed by atoms with E-state index in [4.69, 9.17) is 9.84 Å². The largest absolute Gasteiger partial charge is 0.480 e. The number of hydrogen-bond acceptors (Lipinski definition) is 5. The van der Waals surface area contributed by atoms with Crippen molar-refractivity contribution in [2.24, 2.45) is 5.92 Å². The molecule has 0 aromatic heterocycles. The lowest BCUT2D eigenvalue weighted by molar-refractivity contribution is -0.147. The van der Waals surface area contributed by atoms with Crippen LogP contribution in [0.3, 0.4) is 0 Å². The first-order valence-corrected chi connectivity index (χ1v) is 6.98. The summed E-state index contributed by atoms with van der Waals surface area (Å²) >= 11 is 0. The molecule has 0 aromatic carbocycles. The average Bonchev–Trinajstić information content (AvgIpc) is 2.88. The number of carbonyl (C=O) groups excluding carboxylic acids is 2. The Kier molecular flexibility index (Phi) is 4.66. The van der Waals surface area contributed by atoms with Gasteiger partial charge in [0, 0.05) is 26.1 Å². The number of aliphatic carboxylic acids is 1. The molecule has 2 saturated heterocycles. The van der Waals surface area contributed by atoms with Gasteiger partial charge in [-0.05, 0) is 12.8 Å². The van der Waals surface area contributed by atoms with Crippen molar-refractivity contribution < 1.29 is 29.3 Å². The van der Waals surface area contributed by atoms with Crippen LogP contribution in [0.25, 0.3) is 0 Å². The number of nitrogens with zero attached hydrogens (tertiary/aromatic N) is 2. The van der Waals surface area contributed by atoms with Gasteiger partial charge in [0.1, 0.15) is 6.04 Å². The van der Waals surface area contributed by atoms with Gasteiger partial charge < -0.3 is 24.7 Å². The molecule has 8 nitrogen and oxygen atoms in total. The Bertz CT molecular complexity index is 440. The van der Waals surface area contributed by atoms with Crippen LogP contribution in [0.15, 0.2) is 0 Å². The number of ether oxygens (including phenoxy) is 1. The first-order valence-electron chi connectivity index (χ1n) is 6.98. The monoisotopic (exact) mass is 300 g/mol.